The molecule has 1 aliphatic heterocycles. The molecule has 1 aliphatic rings. The van der Waals surface area contributed by atoms with Gasteiger partial charge in [-0.25, -0.2) is 4.79 Å². The summed E-state index contributed by atoms with van der Waals surface area (Å²) in [4.78, 5) is 17.7. The molecular weight excluding hydrogens is 338 g/mol. The standard InChI is InChI=1S/C21H27N5O/c1-16(14-23-15-17-6-4-5-11-24-17)25-19-7-2-3-8-20(19)26(21(25)27)18-9-12-22-13-10-18/h2-8,11,16,18,22-23H,9-10,12-15H2,1H3. The summed E-state index contributed by atoms with van der Waals surface area (Å²) in [6.07, 6.45) is 3.80. The molecule has 1 aromatic carbocycles. The van der Waals surface area contributed by atoms with Crippen molar-refractivity contribution in [3.63, 3.8) is 0 Å². The highest BCUT2D eigenvalue weighted by atomic mass is 16.1. The zero-order valence-electron chi connectivity index (χ0n) is 15.8. The molecule has 0 amide bonds. The lowest BCUT2D eigenvalue weighted by Gasteiger charge is -2.24. The first-order valence-electron chi connectivity index (χ1n) is 9.78. The van der Waals surface area contributed by atoms with Gasteiger partial charge >= 0.3 is 5.69 Å². The Hall–Kier alpha value is -2.44. The molecule has 0 aliphatic carbocycles. The Kier molecular flexibility index (Phi) is 5.36. The normalized spacial score (nSPS) is 16.6. The Bertz CT molecular complexity index is 940. The molecule has 4 rings (SSSR count). The number of pyridine rings is 1. The minimum absolute atomic E-state index is 0.0640. The summed E-state index contributed by atoms with van der Waals surface area (Å²) >= 11 is 0. The van der Waals surface area contributed by atoms with Crippen molar-refractivity contribution < 1.29 is 0 Å². The van der Waals surface area contributed by atoms with Gasteiger partial charge in [-0.1, -0.05) is 18.2 Å². The van der Waals surface area contributed by atoms with Crippen LogP contribution in [0, 0.1) is 0 Å². The Labute approximate surface area is 159 Å². The van der Waals surface area contributed by atoms with E-state index in [-0.39, 0.29) is 17.8 Å². The van der Waals surface area contributed by atoms with Gasteiger partial charge in [0.2, 0.25) is 0 Å². The van der Waals surface area contributed by atoms with E-state index in [0.29, 0.717) is 6.54 Å². The zero-order chi connectivity index (χ0) is 18.6. The van der Waals surface area contributed by atoms with Crippen LogP contribution in [0.25, 0.3) is 11.0 Å². The van der Waals surface area contributed by atoms with Crippen LogP contribution in [0.1, 0.15) is 37.5 Å². The van der Waals surface area contributed by atoms with Crippen LogP contribution < -0.4 is 16.3 Å². The van der Waals surface area contributed by atoms with Gasteiger partial charge in [-0.15, -0.1) is 0 Å². The molecule has 0 radical (unpaired) electrons. The second kappa shape index (κ2) is 8.06. The van der Waals surface area contributed by atoms with E-state index in [1.165, 1.54) is 0 Å². The fourth-order valence-electron chi connectivity index (χ4n) is 4.04. The molecule has 27 heavy (non-hydrogen) atoms. The first-order valence-corrected chi connectivity index (χ1v) is 9.78. The van der Waals surface area contributed by atoms with Gasteiger partial charge in [0.1, 0.15) is 0 Å². The van der Waals surface area contributed by atoms with Gasteiger partial charge in [-0.2, -0.15) is 0 Å². The van der Waals surface area contributed by atoms with Crippen LogP contribution in [-0.4, -0.2) is 33.8 Å². The molecule has 1 atom stereocenters. The Morgan fingerprint density at radius 1 is 1.15 bits per heavy atom. The molecule has 6 heteroatoms. The van der Waals surface area contributed by atoms with Crippen LogP contribution in [0.5, 0.6) is 0 Å². The van der Waals surface area contributed by atoms with Crippen molar-refractivity contribution in [2.45, 2.75) is 38.4 Å². The topological polar surface area (TPSA) is 63.9 Å². The van der Waals surface area contributed by atoms with Crippen molar-refractivity contribution in [2.24, 2.45) is 0 Å². The second-order valence-electron chi connectivity index (χ2n) is 7.29. The van der Waals surface area contributed by atoms with Crippen molar-refractivity contribution in [3.05, 3.63) is 64.8 Å². The number of nitrogens with zero attached hydrogens (tertiary/aromatic N) is 3. The van der Waals surface area contributed by atoms with Crippen molar-refractivity contribution in [2.75, 3.05) is 19.6 Å². The molecule has 2 N–H and O–H groups in total. The maximum Gasteiger partial charge on any atom is 0.329 e. The van der Waals surface area contributed by atoms with Crippen LogP contribution in [0.4, 0.5) is 0 Å². The second-order valence-corrected chi connectivity index (χ2v) is 7.29. The third-order valence-electron chi connectivity index (χ3n) is 5.40. The van der Waals surface area contributed by atoms with E-state index >= 15 is 0 Å². The predicted molar refractivity (Wildman–Crippen MR) is 108 cm³/mol. The maximum atomic E-state index is 13.3. The predicted octanol–water partition coefficient (Wildman–Crippen LogP) is 2.47. The Morgan fingerprint density at radius 2 is 1.89 bits per heavy atom. The molecule has 2 aromatic heterocycles. The van der Waals surface area contributed by atoms with Gasteiger partial charge < -0.3 is 10.6 Å². The van der Waals surface area contributed by atoms with E-state index in [1.807, 2.05) is 39.5 Å². The highest BCUT2D eigenvalue weighted by molar-refractivity contribution is 5.76. The van der Waals surface area contributed by atoms with E-state index in [9.17, 15) is 4.79 Å². The summed E-state index contributed by atoms with van der Waals surface area (Å²) < 4.78 is 3.97. The van der Waals surface area contributed by atoms with Crippen molar-refractivity contribution >= 4 is 11.0 Å². The number of para-hydroxylation sites is 2. The Morgan fingerprint density at radius 3 is 2.63 bits per heavy atom. The summed E-state index contributed by atoms with van der Waals surface area (Å²) in [7, 11) is 0. The number of piperidine rings is 1. The number of imidazole rings is 1. The average molecular weight is 365 g/mol. The van der Waals surface area contributed by atoms with E-state index < -0.39 is 0 Å². The molecule has 0 bridgehead atoms. The number of hydrogen-bond acceptors (Lipinski definition) is 4. The van der Waals surface area contributed by atoms with Gasteiger partial charge in [0.25, 0.3) is 0 Å². The summed E-state index contributed by atoms with van der Waals surface area (Å²) in [5.41, 5.74) is 3.18. The zero-order valence-corrected chi connectivity index (χ0v) is 15.8. The maximum absolute atomic E-state index is 13.3. The fourth-order valence-corrected chi connectivity index (χ4v) is 4.04. The van der Waals surface area contributed by atoms with Crippen LogP contribution in [0.3, 0.4) is 0 Å². The lowest BCUT2D eigenvalue weighted by atomic mass is 10.1. The van der Waals surface area contributed by atoms with Gasteiger partial charge in [-0.3, -0.25) is 14.1 Å². The molecule has 1 saturated heterocycles. The van der Waals surface area contributed by atoms with E-state index in [4.69, 9.17) is 0 Å². The van der Waals surface area contributed by atoms with E-state index in [0.717, 1.165) is 49.2 Å². The minimum Gasteiger partial charge on any atom is -0.317 e. The molecule has 3 aromatic rings. The lowest BCUT2D eigenvalue weighted by Crippen LogP contribution is -2.36. The molecular formula is C21H27N5O. The summed E-state index contributed by atoms with van der Waals surface area (Å²) in [5, 5.41) is 6.83. The highest BCUT2D eigenvalue weighted by Crippen LogP contribution is 2.24. The quantitative estimate of drug-likeness (QED) is 0.704. The number of benzene rings is 1. The van der Waals surface area contributed by atoms with Crippen molar-refractivity contribution in [1.29, 1.82) is 0 Å². The van der Waals surface area contributed by atoms with Crippen LogP contribution in [0.15, 0.2) is 53.5 Å². The SMILES string of the molecule is CC(CNCc1ccccn1)n1c(=O)n(C2CCNCC2)c2ccccc21. The minimum atomic E-state index is 0.0640. The highest BCUT2D eigenvalue weighted by Gasteiger charge is 2.23. The Balaban J connectivity index is 1.59. The molecule has 0 saturated carbocycles. The number of hydrogen-bond donors (Lipinski definition) is 2. The lowest BCUT2D eigenvalue weighted by molar-refractivity contribution is 0.360. The van der Waals surface area contributed by atoms with Gasteiger partial charge in [0.15, 0.2) is 0 Å². The van der Waals surface area contributed by atoms with Crippen molar-refractivity contribution in [1.82, 2.24) is 24.8 Å². The molecule has 6 nitrogen and oxygen atoms in total. The van der Waals surface area contributed by atoms with Gasteiger partial charge in [-0.05, 0) is 57.1 Å². The van der Waals surface area contributed by atoms with E-state index in [2.05, 4.69) is 34.7 Å². The molecule has 142 valence electrons. The monoisotopic (exact) mass is 365 g/mol. The molecule has 1 unspecified atom stereocenters. The van der Waals surface area contributed by atoms with Crippen LogP contribution in [-0.2, 0) is 6.54 Å². The summed E-state index contributed by atoms with van der Waals surface area (Å²) in [6.45, 7) is 5.46. The first kappa shape index (κ1) is 17.9. The van der Waals surface area contributed by atoms with Crippen molar-refractivity contribution in [3.8, 4) is 0 Å². The fraction of sp³-hybridized carbons (Fsp3) is 0.429. The third-order valence-corrected chi connectivity index (χ3v) is 5.40. The number of nitrogens with one attached hydrogen (secondary N) is 2. The van der Waals surface area contributed by atoms with E-state index in [1.54, 1.807) is 6.20 Å². The van der Waals surface area contributed by atoms with Gasteiger partial charge in [0, 0.05) is 31.4 Å². The smallest absolute Gasteiger partial charge is 0.317 e. The average Bonchev–Trinajstić information content (AvgIpc) is 3.01. The first-order chi connectivity index (χ1) is 13.3. The van der Waals surface area contributed by atoms with Crippen LogP contribution >= 0.6 is 0 Å². The molecule has 3 heterocycles. The molecule has 0 spiro atoms. The number of rotatable bonds is 6. The third kappa shape index (κ3) is 3.68. The van der Waals surface area contributed by atoms with Gasteiger partial charge in [0.05, 0.1) is 16.7 Å². The summed E-state index contributed by atoms with van der Waals surface area (Å²) in [6, 6.07) is 14.4. The summed E-state index contributed by atoms with van der Waals surface area (Å²) in [5.74, 6) is 0. The number of aromatic nitrogens is 3. The number of fused-ring (bicyclic) bond motifs is 1. The van der Waals surface area contributed by atoms with Crippen LogP contribution in [0.2, 0.25) is 0 Å². The molecule has 1 fully saturated rings. The largest absolute Gasteiger partial charge is 0.329 e.